The number of likely N-dealkylation sites (tertiary alicyclic amines) is 1. The van der Waals surface area contributed by atoms with Crippen LogP contribution in [-0.2, 0) is 4.79 Å². The molecule has 6 heteroatoms. The van der Waals surface area contributed by atoms with Crippen LogP contribution in [0.1, 0.15) is 23.2 Å². The molecular weight excluding hydrogens is 248 g/mol. The lowest BCUT2D eigenvalue weighted by Crippen LogP contribution is -2.32. The molecule has 1 saturated heterocycles. The van der Waals surface area contributed by atoms with E-state index in [4.69, 9.17) is 15.6 Å². The predicted octanol–water partition coefficient (Wildman–Crippen LogP) is 0.968. The molecule has 3 N–H and O–H groups in total. The number of nitrogen functional groups attached to an aromatic ring is 1. The molecular formula is C13H16N2O4. The molecule has 0 spiro atoms. The Morgan fingerprint density at radius 2 is 2.00 bits per heavy atom. The maximum atomic E-state index is 11.8. The molecule has 1 aliphatic heterocycles. The Morgan fingerprint density at radius 1 is 1.32 bits per heavy atom. The van der Waals surface area contributed by atoms with Gasteiger partial charge in [-0.3, -0.25) is 4.79 Å². The summed E-state index contributed by atoms with van der Waals surface area (Å²) in [7, 11) is 0. The fraction of sp³-hybridized carbons (Fsp3) is 0.385. The van der Waals surface area contributed by atoms with Gasteiger partial charge in [0.05, 0.1) is 0 Å². The molecule has 1 fully saturated rings. The minimum absolute atomic E-state index is 0.00317. The summed E-state index contributed by atoms with van der Waals surface area (Å²) >= 11 is 0. The van der Waals surface area contributed by atoms with E-state index in [0.717, 1.165) is 25.9 Å². The number of carboxylic acid groups (broad SMARTS) is 1. The number of anilines is 1. The van der Waals surface area contributed by atoms with E-state index < -0.39 is 5.97 Å². The van der Waals surface area contributed by atoms with Crippen LogP contribution in [0.15, 0.2) is 18.2 Å². The second-order valence-electron chi connectivity index (χ2n) is 4.44. The first-order valence-electron chi connectivity index (χ1n) is 6.11. The number of nitrogens with zero attached hydrogens (tertiary/aromatic N) is 1. The van der Waals surface area contributed by atoms with Gasteiger partial charge in [0.2, 0.25) is 0 Å². The largest absolute Gasteiger partial charge is 0.483 e. The topological polar surface area (TPSA) is 92.9 Å². The Hall–Kier alpha value is -2.24. The van der Waals surface area contributed by atoms with Crippen molar-refractivity contribution in [2.75, 3.05) is 25.4 Å². The quantitative estimate of drug-likeness (QED) is 0.790. The molecule has 0 aromatic heterocycles. The van der Waals surface area contributed by atoms with Crippen LogP contribution in [0.2, 0.25) is 0 Å². The molecule has 0 atom stereocenters. The minimum Gasteiger partial charge on any atom is -0.483 e. The molecule has 0 saturated carbocycles. The molecule has 1 aromatic rings. The average molecular weight is 264 g/mol. The highest BCUT2D eigenvalue weighted by atomic mass is 16.5. The Kier molecular flexibility index (Phi) is 3.89. The number of hydrogen-bond acceptors (Lipinski definition) is 4. The second-order valence-corrected chi connectivity index (χ2v) is 4.44. The third-order valence-corrected chi connectivity index (χ3v) is 3.05. The summed E-state index contributed by atoms with van der Waals surface area (Å²) in [6.45, 7) is 1.32. The van der Waals surface area contributed by atoms with E-state index in [9.17, 15) is 9.59 Å². The molecule has 0 aliphatic carbocycles. The Labute approximate surface area is 110 Å². The average Bonchev–Trinajstić information content (AvgIpc) is 2.89. The lowest BCUT2D eigenvalue weighted by Gasteiger charge is -2.16. The number of carbonyl (C=O) groups excluding carboxylic acids is 1. The van der Waals surface area contributed by atoms with Crippen LogP contribution in [0.25, 0.3) is 0 Å². The van der Waals surface area contributed by atoms with Crippen LogP contribution in [0.3, 0.4) is 0 Å². The number of aromatic carboxylic acids is 1. The summed E-state index contributed by atoms with van der Waals surface area (Å²) in [6.07, 6.45) is 2.01. The van der Waals surface area contributed by atoms with E-state index in [-0.39, 0.29) is 23.8 Å². The van der Waals surface area contributed by atoms with Crippen molar-refractivity contribution in [2.45, 2.75) is 12.8 Å². The van der Waals surface area contributed by atoms with Gasteiger partial charge in [0, 0.05) is 24.8 Å². The van der Waals surface area contributed by atoms with Gasteiger partial charge >= 0.3 is 5.97 Å². The highest BCUT2D eigenvalue weighted by Crippen LogP contribution is 2.22. The zero-order valence-corrected chi connectivity index (χ0v) is 10.5. The van der Waals surface area contributed by atoms with Gasteiger partial charge in [-0.15, -0.1) is 0 Å². The van der Waals surface area contributed by atoms with Gasteiger partial charge in [-0.05, 0) is 25.0 Å². The van der Waals surface area contributed by atoms with Gasteiger partial charge in [-0.25, -0.2) is 4.79 Å². The monoisotopic (exact) mass is 264 g/mol. The molecule has 1 amide bonds. The smallest absolute Gasteiger partial charge is 0.339 e. The zero-order chi connectivity index (χ0) is 13.8. The molecule has 1 aliphatic rings. The van der Waals surface area contributed by atoms with Crippen molar-refractivity contribution in [1.82, 2.24) is 4.90 Å². The van der Waals surface area contributed by atoms with Crippen molar-refractivity contribution < 1.29 is 19.4 Å². The van der Waals surface area contributed by atoms with Crippen molar-refractivity contribution in [3.63, 3.8) is 0 Å². The van der Waals surface area contributed by atoms with Gasteiger partial charge in [0.1, 0.15) is 11.3 Å². The van der Waals surface area contributed by atoms with Gasteiger partial charge < -0.3 is 20.5 Å². The number of rotatable bonds is 4. The maximum absolute atomic E-state index is 11.8. The Balaban J connectivity index is 2.04. The van der Waals surface area contributed by atoms with Crippen LogP contribution < -0.4 is 10.5 Å². The lowest BCUT2D eigenvalue weighted by atomic mass is 10.2. The first kappa shape index (κ1) is 13.2. The normalized spacial score (nSPS) is 14.4. The van der Waals surface area contributed by atoms with Crippen LogP contribution in [-0.4, -0.2) is 41.6 Å². The Morgan fingerprint density at radius 3 is 2.63 bits per heavy atom. The van der Waals surface area contributed by atoms with Crippen LogP contribution >= 0.6 is 0 Å². The van der Waals surface area contributed by atoms with Crippen molar-refractivity contribution in [2.24, 2.45) is 0 Å². The summed E-state index contributed by atoms with van der Waals surface area (Å²) in [5.41, 5.74) is 5.99. The molecule has 0 bridgehead atoms. The zero-order valence-electron chi connectivity index (χ0n) is 10.5. The van der Waals surface area contributed by atoms with Crippen molar-refractivity contribution in [3.05, 3.63) is 23.8 Å². The van der Waals surface area contributed by atoms with E-state index in [2.05, 4.69) is 0 Å². The number of hydrogen-bond donors (Lipinski definition) is 2. The van der Waals surface area contributed by atoms with Gasteiger partial charge in [0.25, 0.3) is 5.91 Å². The van der Waals surface area contributed by atoms with Crippen molar-refractivity contribution in [3.8, 4) is 5.75 Å². The summed E-state index contributed by atoms with van der Waals surface area (Å²) in [5.74, 6) is -1.11. The second kappa shape index (κ2) is 5.60. The number of carbonyl (C=O) groups is 2. The number of amides is 1. The number of carboxylic acids is 1. The number of nitrogens with two attached hydrogens (primary N) is 1. The predicted molar refractivity (Wildman–Crippen MR) is 69.1 cm³/mol. The van der Waals surface area contributed by atoms with Crippen molar-refractivity contribution >= 4 is 17.6 Å². The Bertz CT molecular complexity index is 495. The summed E-state index contributed by atoms with van der Waals surface area (Å²) in [6, 6.07) is 4.27. The number of benzene rings is 1. The highest BCUT2D eigenvalue weighted by molar-refractivity contribution is 5.91. The first-order chi connectivity index (χ1) is 9.08. The third-order valence-electron chi connectivity index (χ3n) is 3.05. The molecule has 6 nitrogen and oxygen atoms in total. The number of ether oxygens (including phenoxy) is 1. The minimum atomic E-state index is -1.11. The molecule has 1 heterocycles. The standard InChI is InChI=1S/C13H16N2O4/c14-9-3-4-10(13(17)18)11(7-9)19-8-12(16)15-5-1-2-6-15/h3-4,7H,1-2,5-6,8,14H2,(H,17,18). The molecule has 0 radical (unpaired) electrons. The maximum Gasteiger partial charge on any atom is 0.339 e. The third kappa shape index (κ3) is 3.15. The summed E-state index contributed by atoms with van der Waals surface area (Å²) < 4.78 is 5.30. The molecule has 2 rings (SSSR count). The van der Waals surface area contributed by atoms with E-state index in [0.29, 0.717) is 5.69 Å². The van der Waals surface area contributed by atoms with Crippen LogP contribution in [0.5, 0.6) is 5.75 Å². The van der Waals surface area contributed by atoms with Crippen LogP contribution in [0, 0.1) is 0 Å². The summed E-state index contributed by atoms with van der Waals surface area (Å²) in [5, 5.41) is 9.02. The lowest BCUT2D eigenvalue weighted by molar-refractivity contribution is -0.132. The van der Waals surface area contributed by atoms with E-state index in [1.165, 1.54) is 18.2 Å². The fourth-order valence-corrected chi connectivity index (χ4v) is 2.03. The SMILES string of the molecule is Nc1ccc(C(=O)O)c(OCC(=O)N2CCCC2)c1. The molecule has 1 aromatic carbocycles. The van der Waals surface area contributed by atoms with Crippen LogP contribution in [0.4, 0.5) is 5.69 Å². The van der Waals surface area contributed by atoms with Gasteiger partial charge in [-0.2, -0.15) is 0 Å². The fourth-order valence-electron chi connectivity index (χ4n) is 2.03. The van der Waals surface area contributed by atoms with Gasteiger partial charge in [0.15, 0.2) is 6.61 Å². The molecule has 19 heavy (non-hydrogen) atoms. The van der Waals surface area contributed by atoms with E-state index >= 15 is 0 Å². The molecule has 0 unspecified atom stereocenters. The first-order valence-corrected chi connectivity index (χ1v) is 6.11. The van der Waals surface area contributed by atoms with E-state index in [1.54, 1.807) is 4.90 Å². The highest BCUT2D eigenvalue weighted by Gasteiger charge is 2.19. The molecule has 102 valence electrons. The van der Waals surface area contributed by atoms with Crippen molar-refractivity contribution in [1.29, 1.82) is 0 Å². The van der Waals surface area contributed by atoms with Gasteiger partial charge in [-0.1, -0.05) is 0 Å². The van der Waals surface area contributed by atoms with E-state index in [1.807, 2.05) is 0 Å². The summed E-state index contributed by atoms with van der Waals surface area (Å²) in [4.78, 5) is 24.5.